The summed E-state index contributed by atoms with van der Waals surface area (Å²) in [5.74, 6) is -0.522. The van der Waals surface area contributed by atoms with Gasteiger partial charge < -0.3 is 5.32 Å². The van der Waals surface area contributed by atoms with Crippen LogP contribution < -0.4 is 10.8 Å². The molecule has 1 atom stereocenters. The van der Waals surface area contributed by atoms with Crippen LogP contribution in [0.2, 0.25) is 0 Å². The Hall–Kier alpha value is -2.43. The van der Waals surface area contributed by atoms with E-state index in [0.29, 0.717) is 6.04 Å². The number of nitrogens with one attached hydrogen (secondary N) is 2. The van der Waals surface area contributed by atoms with E-state index >= 15 is 0 Å². The van der Waals surface area contributed by atoms with Crippen LogP contribution in [-0.2, 0) is 17.6 Å². The number of benzene rings is 2. The van der Waals surface area contributed by atoms with Gasteiger partial charge in [0.2, 0.25) is 0 Å². The number of amides is 1. The van der Waals surface area contributed by atoms with Crippen molar-refractivity contribution in [2.24, 2.45) is 0 Å². The van der Waals surface area contributed by atoms with Gasteiger partial charge in [0.05, 0.1) is 0 Å². The van der Waals surface area contributed by atoms with Crippen LogP contribution in [0.3, 0.4) is 0 Å². The molecule has 3 N–H and O–H groups in total. The van der Waals surface area contributed by atoms with E-state index in [4.69, 9.17) is 5.21 Å². The van der Waals surface area contributed by atoms with Gasteiger partial charge in [-0.05, 0) is 60.2 Å². The van der Waals surface area contributed by atoms with Crippen molar-refractivity contribution in [2.75, 3.05) is 6.54 Å². The third-order valence-electron chi connectivity index (χ3n) is 4.43. The summed E-state index contributed by atoms with van der Waals surface area (Å²) in [4.78, 5) is 11.1. The minimum Gasteiger partial charge on any atom is -0.310 e. The predicted molar refractivity (Wildman–Crippen MR) is 94.6 cm³/mol. The zero-order valence-electron chi connectivity index (χ0n) is 13.5. The van der Waals surface area contributed by atoms with Gasteiger partial charge >= 0.3 is 0 Å². The first-order valence-electron chi connectivity index (χ1n) is 8.28. The molecule has 0 bridgehead atoms. The number of hydrogen-bond acceptors (Lipinski definition) is 3. The molecule has 2 aromatic carbocycles. The lowest BCUT2D eigenvalue weighted by Gasteiger charge is -2.27. The van der Waals surface area contributed by atoms with Gasteiger partial charge in [0.25, 0.3) is 5.91 Å². The number of hydroxylamine groups is 1. The van der Waals surface area contributed by atoms with Gasteiger partial charge in [-0.2, -0.15) is 0 Å². The Bertz CT molecular complexity index is 726. The van der Waals surface area contributed by atoms with E-state index < -0.39 is 5.91 Å². The first-order chi connectivity index (χ1) is 11.8. The molecule has 1 aliphatic heterocycles. The molecule has 3 rings (SSSR count). The van der Waals surface area contributed by atoms with Gasteiger partial charge in [0.1, 0.15) is 0 Å². The highest BCUT2D eigenvalue weighted by atomic mass is 16.5. The Labute approximate surface area is 142 Å². The minimum atomic E-state index is -0.522. The average molecular weight is 322 g/mol. The summed E-state index contributed by atoms with van der Waals surface area (Å²) in [7, 11) is 0. The fourth-order valence-electron chi connectivity index (χ4n) is 3.18. The van der Waals surface area contributed by atoms with Crippen LogP contribution in [0.1, 0.15) is 34.7 Å². The van der Waals surface area contributed by atoms with Crippen LogP contribution in [-0.4, -0.2) is 17.7 Å². The minimum absolute atomic E-state index is 0.328. The van der Waals surface area contributed by atoms with Gasteiger partial charge in [-0.15, -0.1) is 0 Å². The summed E-state index contributed by atoms with van der Waals surface area (Å²) in [6, 6.07) is 17.1. The number of fused-ring (bicyclic) bond motifs is 1. The summed E-state index contributed by atoms with van der Waals surface area (Å²) >= 11 is 0. The van der Waals surface area contributed by atoms with Crippen molar-refractivity contribution in [3.05, 3.63) is 76.9 Å². The maximum Gasteiger partial charge on any atom is 0.267 e. The summed E-state index contributed by atoms with van der Waals surface area (Å²) in [6.07, 6.45) is 6.15. The van der Waals surface area contributed by atoms with E-state index in [-0.39, 0.29) is 0 Å². The monoisotopic (exact) mass is 322 g/mol. The molecule has 2 aromatic rings. The number of carbonyl (C=O) groups is 1. The lowest BCUT2D eigenvalue weighted by atomic mass is 9.89. The third-order valence-corrected chi connectivity index (χ3v) is 4.43. The van der Waals surface area contributed by atoms with Gasteiger partial charge in [0, 0.05) is 12.1 Å². The molecule has 0 saturated carbocycles. The van der Waals surface area contributed by atoms with E-state index in [1.807, 2.05) is 12.1 Å². The molecule has 1 heterocycles. The molecular weight excluding hydrogens is 300 g/mol. The van der Waals surface area contributed by atoms with Crippen LogP contribution in [0.5, 0.6) is 0 Å². The standard InChI is InChI=1S/C20H22N2O2/c23-20(22-24)11-8-16-6-9-17-12-13-21-19(18(17)14-16)10-7-15-4-2-1-3-5-15/h1-6,8-9,11,14,19,21,24H,7,10,12-13H2,(H,22,23)/b11-8+. The Morgan fingerprint density at radius 2 is 2.08 bits per heavy atom. The van der Waals surface area contributed by atoms with Gasteiger partial charge in [-0.3, -0.25) is 10.0 Å². The Morgan fingerprint density at radius 1 is 1.25 bits per heavy atom. The molecule has 1 amide bonds. The molecule has 24 heavy (non-hydrogen) atoms. The SMILES string of the molecule is O=C(/C=C/c1ccc2c(c1)C(CCc1ccccc1)NCC2)NO. The molecule has 0 aromatic heterocycles. The molecule has 0 radical (unpaired) electrons. The topological polar surface area (TPSA) is 61.4 Å². The van der Waals surface area contributed by atoms with E-state index in [0.717, 1.165) is 31.4 Å². The Morgan fingerprint density at radius 3 is 2.88 bits per heavy atom. The summed E-state index contributed by atoms with van der Waals surface area (Å²) in [6.45, 7) is 0.995. The van der Waals surface area contributed by atoms with Crippen LogP contribution in [0.4, 0.5) is 0 Å². The van der Waals surface area contributed by atoms with Gasteiger partial charge in [0.15, 0.2) is 0 Å². The number of rotatable bonds is 5. The summed E-state index contributed by atoms with van der Waals surface area (Å²) in [5.41, 5.74) is 6.60. The van der Waals surface area contributed by atoms with Crippen molar-refractivity contribution < 1.29 is 10.0 Å². The maximum atomic E-state index is 11.1. The smallest absolute Gasteiger partial charge is 0.267 e. The molecule has 0 saturated heterocycles. The second kappa shape index (κ2) is 7.90. The van der Waals surface area contributed by atoms with Crippen molar-refractivity contribution in [1.82, 2.24) is 10.8 Å². The summed E-state index contributed by atoms with van der Waals surface area (Å²) in [5, 5.41) is 12.2. The molecule has 0 spiro atoms. The van der Waals surface area contributed by atoms with Crippen molar-refractivity contribution in [1.29, 1.82) is 0 Å². The lowest BCUT2D eigenvalue weighted by Crippen LogP contribution is -2.30. The Kier molecular flexibility index (Phi) is 5.41. The van der Waals surface area contributed by atoms with Crippen LogP contribution >= 0.6 is 0 Å². The molecule has 1 aliphatic rings. The third kappa shape index (κ3) is 4.10. The number of hydrogen-bond donors (Lipinski definition) is 3. The number of aryl methyl sites for hydroxylation is 1. The second-order valence-corrected chi connectivity index (χ2v) is 6.05. The van der Waals surface area contributed by atoms with Gasteiger partial charge in [-0.25, -0.2) is 5.48 Å². The highest BCUT2D eigenvalue weighted by Gasteiger charge is 2.19. The highest BCUT2D eigenvalue weighted by molar-refractivity contribution is 5.90. The first-order valence-corrected chi connectivity index (χ1v) is 8.28. The second-order valence-electron chi connectivity index (χ2n) is 6.05. The van der Waals surface area contributed by atoms with E-state index in [1.165, 1.54) is 22.8 Å². The van der Waals surface area contributed by atoms with Crippen LogP contribution in [0.25, 0.3) is 6.08 Å². The fraction of sp³-hybridized carbons (Fsp3) is 0.250. The molecule has 0 fully saturated rings. The predicted octanol–water partition coefficient (Wildman–Crippen LogP) is 3.02. The molecule has 0 aliphatic carbocycles. The maximum absolute atomic E-state index is 11.1. The lowest BCUT2D eigenvalue weighted by molar-refractivity contribution is -0.124. The van der Waals surface area contributed by atoms with Crippen molar-refractivity contribution in [2.45, 2.75) is 25.3 Å². The van der Waals surface area contributed by atoms with E-state index in [1.54, 1.807) is 11.6 Å². The largest absolute Gasteiger partial charge is 0.310 e. The van der Waals surface area contributed by atoms with Crippen molar-refractivity contribution in [3.63, 3.8) is 0 Å². The molecule has 124 valence electrons. The number of carbonyl (C=O) groups excluding carboxylic acids is 1. The first kappa shape index (κ1) is 16.4. The fourth-order valence-corrected chi connectivity index (χ4v) is 3.18. The van der Waals surface area contributed by atoms with E-state index in [2.05, 4.69) is 41.7 Å². The van der Waals surface area contributed by atoms with Gasteiger partial charge in [-0.1, -0.05) is 42.5 Å². The zero-order valence-corrected chi connectivity index (χ0v) is 13.5. The van der Waals surface area contributed by atoms with E-state index in [9.17, 15) is 4.79 Å². The normalized spacial score (nSPS) is 16.8. The zero-order chi connectivity index (χ0) is 16.8. The summed E-state index contributed by atoms with van der Waals surface area (Å²) < 4.78 is 0. The Balaban J connectivity index is 1.75. The molecular formula is C20H22N2O2. The highest BCUT2D eigenvalue weighted by Crippen LogP contribution is 2.28. The van der Waals surface area contributed by atoms with Crippen molar-refractivity contribution >= 4 is 12.0 Å². The average Bonchev–Trinajstić information content (AvgIpc) is 2.65. The van der Waals surface area contributed by atoms with Crippen molar-refractivity contribution in [3.8, 4) is 0 Å². The molecule has 4 heteroatoms. The molecule has 4 nitrogen and oxygen atoms in total. The quantitative estimate of drug-likeness (QED) is 0.450. The van der Waals surface area contributed by atoms with Crippen LogP contribution in [0.15, 0.2) is 54.6 Å². The van der Waals surface area contributed by atoms with Crippen LogP contribution in [0, 0.1) is 0 Å². The molecule has 1 unspecified atom stereocenters.